The predicted molar refractivity (Wildman–Crippen MR) is 87.1 cm³/mol. The highest BCUT2D eigenvalue weighted by Crippen LogP contribution is 2.24. The average molecular weight is 312 g/mol. The largest absolute Gasteiger partial charge is 0.391 e. The molecule has 0 rings (SSSR count). The highest BCUT2D eigenvalue weighted by atomic mass is 35.6. The highest BCUT2D eigenvalue weighted by molar-refractivity contribution is 7.16. The monoisotopic (exact) mass is 311 g/mol. The first-order valence-corrected chi connectivity index (χ1v) is 17.0. The topological polar surface area (TPSA) is 12.5 Å². The van der Waals surface area contributed by atoms with Crippen LogP contribution in [0.15, 0.2) is 0 Å². The van der Waals surface area contributed by atoms with E-state index in [1.165, 1.54) is 0 Å². The van der Waals surface area contributed by atoms with Gasteiger partial charge in [0.25, 0.3) is 7.63 Å². The molecule has 0 saturated heterocycles. The van der Waals surface area contributed by atoms with Crippen molar-refractivity contribution >= 4 is 35.2 Å². The van der Waals surface area contributed by atoms with Crippen LogP contribution in [-0.2, 0) is 4.43 Å². The zero-order chi connectivity index (χ0) is 13.9. The maximum atomic E-state index is 6.50. The Bertz CT molecular complexity index is 222. The van der Waals surface area contributed by atoms with Gasteiger partial charge in [-0.05, 0) is 12.6 Å². The molecule has 0 bridgehead atoms. The summed E-state index contributed by atoms with van der Waals surface area (Å²) in [6.45, 7) is 19.4. The van der Waals surface area contributed by atoms with Gasteiger partial charge in [-0.25, -0.2) is 0 Å². The Morgan fingerprint density at radius 1 is 0.941 bits per heavy atom. The number of hydrogen-bond donors (Lipinski definition) is 0. The number of rotatable bonds is 7. The van der Waals surface area contributed by atoms with Crippen molar-refractivity contribution in [1.29, 1.82) is 0 Å². The lowest BCUT2D eigenvalue weighted by Crippen LogP contribution is -2.60. The van der Waals surface area contributed by atoms with Gasteiger partial charge in [0.15, 0.2) is 0 Å². The van der Waals surface area contributed by atoms with Crippen LogP contribution in [0.3, 0.4) is 0 Å². The van der Waals surface area contributed by atoms with Gasteiger partial charge < -0.3 is 8.66 Å². The van der Waals surface area contributed by atoms with Crippen molar-refractivity contribution in [3.8, 4) is 0 Å². The summed E-state index contributed by atoms with van der Waals surface area (Å²) in [5, 5.41) is 0. The fourth-order valence-corrected chi connectivity index (χ4v) is 13.5. The van der Waals surface area contributed by atoms with E-state index in [0.29, 0.717) is 0 Å². The van der Waals surface area contributed by atoms with Crippen LogP contribution in [0.1, 0.15) is 13.3 Å². The summed E-state index contributed by atoms with van der Waals surface area (Å²) in [6, 6.07) is 1.04. The molecule has 104 valence electrons. The Morgan fingerprint density at radius 3 is 1.65 bits per heavy atom. The first-order valence-electron chi connectivity index (χ1n) is 6.51. The van der Waals surface area contributed by atoms with E-state index in [4.69, 9.17) is 15.5 Å². The van der Waals surface area contributed by atoms with E-state index in [0.717, 1.165) is 19.2 Å². The molecule has 0 aromatic rings. The third kappa shape index (κ3) is 7.12. The second-order valence-corrected chi connectivity index (χ2v) is 22.5. The molecule has 0 aliphatic rings. The molecular formula is C11H30ClNOSi3. The van der Waals surface area contributed by atoms with Crippen molar-refractivity contribution in [3.63, 3.8) is 0 Å². The molecule has 1 unspecified atom stereocenters. The highest BCUT2D eigenvalue weighted by Gasteiger charge is 2.36. The van der Waals surface area contributed by atoms with E-state index in [9.17, 15) is 0 Å². The molecule has 0 aliphatic heterocycles. The third-order valence-corrected chi connectivity index (χ3v) is 13.4. The van der Waals surface area contributed by atoms with Crippen LogP contribution >= 0.6 is 11.1 Å². The van der Waals surface area contributed by atoms with Crippen LogP contribution in [0.25, 0.3) is 0 Å². The molecule has 0 radical (unpaired) electrons. The Labute approximate surface area is 116 Å². The molecule has 0 N–H and O–H groups in total. The van der Waals surface area contributed by atoms with Gasteiger partial charge in [-0.1, -0.05) is 52.6 Å². The second-order valence-electron chi connectivity index (χ2n) is 6.89. The molecular weight excluding hydrogens is 282 g/mol. The molecule has 0 spiro atoms. The summed E-state index contributed by atoms with van der Waals surface area (Å²) in [7, 11) is -4.57. The smallest absolute Gasteiger partial charge is 0.288 e. The Morgan fingerprint density at radius 2 is 1.35 bits per heavy atom. The minimum Gasteiger partial charge on any atom is -0.391 e. The van der Waals surface area contributed by atoms with Crippen molar-refractivity contribution in [2.24, 2.45) is 0 Å². The standard InChI is InChI=1S/C11H30ClNOSi3/c1-9-10-17(8,12)14-11-13(15(2,3)4)16(5,6)7/h9-11H2,1-8H3. The lowest BCUT2D eigenvalue weighted by atomic mass is 10.6. The maximum Gasteiger partial charge on any atom is 0.288 e. The molecule has 0 heterocycles. The van der Waals surface area contributed by atoms with Crippen LogP contribution in [0.5, 0.6) is 0 Å². The van der Waals surface area contributed by atoms with Gasteiger partial charge in [-0.15, -0.1) is 11.1 Å². The molecule has 0 amide bonds. The van der Waals surface area contributed by atoms with E-state index in [1.807, 2.05) is 0 Å². The summed E-state index contributed by atoms with van der Waals surface area (Å²) in [6.07, 6.45) is 1.12. The van der Waals surface area contributed by atoms with Crippen LogP contribution in [0.4, 0.5) is 0 Å². The zero-order valence-electron chi connectivity index (χ0n) is 12.9. The molecule has 17 heavy (non-hydrogen) atoms. The van der Waals surface area contributed by atoms with Crippen molar-refractivity contribution in [2.45, 2.75) is 65.2 Å². The van der Waals surface area contributed by atoms with E-state index >= 15 is 0 Å². The van der Waals surface area contributed by atoms with Crippen LogP contribution in [0.2, 0.25) is 51.9 Å². The maximum absolute atomic E-state index is 6.50. The van der Waals surface area contributed by atoms with Gasteiger partial charge in [0, 0.05) is 0 Å². The molecule has 6 heteroatoms. The number of halogens is 1. The third-order valence-electron chi connectivity index (χ3n) is 2.81. The summed E-state index contributed by atoms with van der Waals surface area (Å²) in [4.78, 5) is 0. The molecule has 0 aliphatic carbocycles. The summed E-state index contributed by atoms with van der Waals surface area (Å²) in [5.74, 6) is 0. The number of nitrogens with zero attached hydrogens (tertiary/aromatic N) is 1. The van der Waals surface area contributed by atoms with E-state index < -0.39 is 24.1 Å². The van der Waals surface area contributed by atoms with E-state index in [1.54, 1.807) is 0 Å². The fourth-order valence-electron chi connectivity index (χ4n) is 2.11. The lowest BCUT2D eigenvalue weighted by molar-refractivity contribution is 0.244. The van der Waals surface area contributed by atoms with Gasteiger partial charge in [-0.2, -0.15) is 0 Å². The second kappa shape index (κ2) is 6.34. The first-order chi connectivity index (χ1) is 7.40. The van der Waals surface area contributed by atoms with Crippen molar-refractivity contribution in [1.82, 2.24) is 4.23 Å². The molecule has 0 saturated carbocycles. The Kier molecular flexibility index (Phi) is 6.66. The molecule has 0 fully saturated rings. The first kappa shape index (κ1) is 17.9. The molecule has 0 aromatic carbocycles. The minimum absolute atomic E-state index is 0.748. The van der Waals surface area contributed by atoms with Crippen LogP contribution in [-0.4, -0.2) is 35.1 Å². The van der Waals surface area contributed by atoms with E-state index in [-0.39, 0.29) is 0 Å². The van der Waals surface area contributed by atoms with Gasteiger partial charge in [-0.3, -0.25) is 0 Å². The van der Waals surface area contributed by atoms with Crippen LogP contribution in [0, 0.1) is 0 Å². The van der Waals surface area contributed by atoms with Crippen molar-refractivity contribution in [3.05, 3.63) is 0 Å². The van der Waals surface area contributed by atoms with Gasteiger partial charge in [0.2, 0.25) is 0 Å². The number of hydrogen-bond acceptors (Lipinski definition) is 2. The van der Waals surface area contributed by atoms with Gasteiger partial charge in [0.05, 0.1) is 6.73 Å². The normalized spacial score (nSPS) is 17.3. The summed E-state index contributed by atoms with van der Waals surface area (Å²) >= 11 is 6.50. The summed E-state index contributed by atoms with van der Waals surface area (Å²) < 4.78 is 8.73. The zero-order valence-corrected chi connectivity index (χ0v) is 16.6. The van der Waals surface area contributed by atoms with Gasteiger partial charge in [0.1, 0.15) is 16.5 Å². The molecule has 0 aromatic heterocycles. The molecule has 2 nitrogen and oxygen atoms in total. The fraction of sp³-hybridized carbons (Fsp3) is 1.00. The van der Waals surface area contributed by atoms with Gasteiger partial charge >= 0.3 is 0 Å². The predicted octanol–water partition coefficient (Wildman–Crippen LogP) is 4.65. The lowest BCUT2D eigenvalue weighted by Gasteiger charge is -2.44. The Balaban J connectivity index is 4.59. The van der Waals surface area contributed by atoms with E-state index in [2.05, 4.69) is 57.0 Å². The molecule has 1 atom stereocenters. The van der Waals surface area contributed by atoms with Crippen LogP contribution < -0.4 is 0 Å². The van der Waals surface area contributed by atoms with Crippen molar-refractivity contribution < 1.29 is 4.43 Å². The SMILES string of the molecule is CCC[Si](C)(Cl)OCN([Si](C)(C)C)[Si](C)(C)C. The quantitative estimate of drug-likeness (QED) is 0.385. The Hall–Kier alpha value is 0.861. The summed E-state index contributed by atoms with van der Waals surface area (Å²) in [5.41, 5.74) is 0. The minimum atomic E-state index is -1.95. The van der Waals surface area contributed by atoms with Crippen molar-refractivity contribution in [2.75, 3.05) is 6.73 Å². The average Bonchev–Trinajstić information content (AvgIpc) is 1.97.